The third-order valence-electron chi connectivity index (χ3n) is 5.70. The highest BCUT2D eigenvalue weighted by atomic mass is 16.2. The fourth-order valence-electron chi connectivity index (χ4n) is 4.26. The van der Waals surface area contributed by atoms with E-state index in [0.717, 1.165) is 28.9 Å². The van der Waals surface area contributed by atoms with Gasteiger partial charge in [-0.25, -0.2) is 0 Å². The van der Waals surface area contributed by atoms with E-state index >= 15 is 0 Å². The molecule has 27 heavy (non-hydrogen) atoms. The Hall–Kier alpha value is -2.88. The normalized spacial score (nSPS) is 25.4. The van der Waals surface area contributed by atoms with E-state index in [9.17, 15) is 9.59 Å². The van der Waals surface area contributed by atoms with Gasteiger partial charge in [0.2, 0.25) is 11.8 Å². The van der Waals surface area contributed by atoms with E-state index in [4.69, 9.17) is 0 Å². The summed E-state index contributed by atoms with van der Waals surface area (Å²) >= 11 is 0. The van der Waals surface area contributed by atoms with Crippen LogP contribution in [0.25, 0.3) is 0 Å². The first kappa shape index (κ1) is 17.5. The summed E-state index contributed by atoms with van der Waals surface area (Å²) in [6.07, 6.45) is 5.07. The maximum atomic E-state index is 13.0. The first-order valence-corrected chi connectivity index (χ1v) is 9.44. The lowest BCUT2D eigenvalue weighted by Gasteiger charge is -2.26. The Morgan fingerprint density at radius 2 is 1.07 bits per heavy atom. The average molecular weight is 360 g/mol. The summed E-state index contributed by atoms with van der Waals surface area (Å²) in [5.74, 6) is -0.526. The van der Waals surface area contributed by atoms with Crippen molar-refractivity contribution in [2.24, 2.45) is 23.7 Å². The molecule has 0 unspecified atom stereocenters. The Morgan fingerprint density at radius 3 is 1.44 bits per heavy atom. The topological polar surface area (TPSA) is 58.2 Å². The second-order valence-electron chi connectivity index (χ2n) is 7.71. The monoisotopic (exact) mass is 360 g/mol. The minimum atomic E-state index is -0.327. The number of nitrogens with one attached hydrogen (secondary N) is 2. The predicted molar refractivity (Wildman–Crippen MR) is 107 cm³/mol. The van der Waals surface area contributed by atoms with Crippen molar-refractivity contribution in [1.29, 1.82) is 0 Å². The lowest BCUT2D eigenvalue weighted by atomic mass is 9.81. The van der Waals surface area contributed by atoms with E-state index in [1.165, 1.54) is 0 Å². The molecule has 0 spiro atoms. The highest BCUT2D eigenvalue weighted by molar-refractivity contribution is 6.01. The molecule has 0 aliphatic heterocycles. The van der Waals surface area contributed by atoms with Crippen LogP contribution in [0, 0.1) is 37.5 Å². The van der Waals surface area contributed by atoms with Gasteiger partial charge in [-0.1, -0.05) is 47.5 Å². The second kappa shape index (κ2) is 7.03. The third-order valence-corrected chi connectivity index (χ3v) is 5.70. The summed E-state index contributed by atoms with van der Waals surface area (Å²) in [6, 6.07) is 15.5. The fourth-order valence-corrected chi connectivity index (χ4v) is 4.26. The van der Waals surface area contributed by atoms with Crippen LogP contribution in [0.2, 0.25) is 0 Å². The molecule has 4 rings (SSSR count). The molecule has 1 fully saturated rings. The zero-order chi connectivity index (χ0) is 19.0. The second-order valence-corrected chi connectivity index (χ2v) is 7.71. The maximum Gasteiger partial charge on any atom is 0.228 e. The molecule has 2 N–H and O–H groups in total. The van der Waals surface area contributed by atoms with Crippen molar-refractivity contribution in [1.82, 2.24) is 0 Å². The van der Waals surface area contributed by atoms with Crippen molar-refractivity contribution in [3.63, 3.8) is 0 Å². The van der Waals surface area contributed by atoms with E-state index in [0.29, 0.717) is 0 Å². The van der Waals surface area contributed by atoms with Gasteiger partial charge in [0.15, 0.2) is 0 Å². The Kier molecular flexibility index (Phi) is 4.56. The van der Waals surface area contributed by atoms with Gasteiger partial charge in [-0.05, 0) is 56.4 Å². The van der Waals surface area contributed by atoms with Gasteiger partial charge in [0.1, 0.15) is 0 Å². The van der Waals surface area contributed by atoms with E-state index in [1.807, 2.05) is 62.4 Å². The largest absolute Gasteiger partial charge is 0.326 e. The number of allylic oxidation sites excluding steroid dienone is 2. The summed E-state index contributed by atoms with van der Waals surface area (Å²) in [5, 5.41) is 6.00. The van der Waals surface area contributed by atoms with E-state index in [1.54, 1.807) is 0 Å². The van der Waals surface area contributed by atoms with Crippen LogP contribution < -0.4 is 10.6 Å². The number of carbonyl (C=O) groups excluding carboxylic acids is 2. The third kappa shape index (κ3) is 3.52. The molecule has 0 heterocycles. The molecule has 2 aliphatic rings. The summed E-state index contributed by atoms with van der Waals surface area (Å²) < 4.78 is 0. The number of amides is 2. The molecule has 0 saturated heterocycles. The molecule has 138 valence electrons. The zero-order valence-corrected chi connectivity index (χ0v) is 15.6. The van der Waals surface area contributed by atoms with Crippen LogP contribution in [0.1, 0.15) is 17.5 Å². The summed E-state index contributed by atoms with van der Waals surface area (Å²) in [5.41, 5.74) is 3.84. The van der Waals surface area contributed by atoms with Crippen molar-refractivity contribution in [2.45, 2.75) is 20.3 Å². The van der Waals surface area contributed by atoms with Crippen molar-refractivity contribution in [3.8, 4) is 0 Å². The lowest BCUT2D eigenvalue weighted by molar-refractivity contribution is -0.129. The Bertz CT molecular complexity index is 810. The number of carbonyl (C=O) groups is 2. The molecule has 4 heteroatoms. The highest BCUT2D eigenvalue weighted by Gasteiger charge is 2.51. The maximum absolute atomic E-state index is 13.0. The standard InChI is InChI=1S/C23H24N2O2/c1-14-3-9-18(10-4-14)24-22(26)20-16-7-8-17(13-16)21(20)23(27)25-19-11-5-15(2)6-12-19/h3-12,16-17,20-21H,13H2,1-2H3,(H,24,26)(H,25,27)/t16-,17+,20-,21-/m0/s1. The van der Waals surface area contributed by atoms with E-state index in [-0.39, 0.29) is 35.5 Å². The number of fused-ring (bicyclic) bond motifs is 2. The summed E-state index contributed by atoms with van der Waals surface area (Å²) in [7, 11) is 0. The Morgan fingerprint density at radius 1 is 0.704 bits per heavy atom. The first-order valence-electron chi connectivity index (χ1n) is 9.44. The number of aryl methyl sites for hydroxylation is 2. The summed E-state index contributed by atoms with van der Waals surface area (Å²) in [4.78, 5) is 26.0. The molecular formula is C23H24N2O2. The highest BCUT2D eigenvalue weighted by Crippen LogP contribution is 2.48. The molecular weight excluding hydrogens is 336 g/mol. The minimum Gasteiger partial charge on any atom is -0.326 e. The quantitative estimate of drug-likeness (QED) is 0.798. The molecule has 0 radical (unpaired) electrons. The van der Waals surface area contributed by atoms with Crippen LogP contribution in [0.4, 0.5) is 11.4 Å². The molecule has 4 atom stereocenters. The SMILES string of the molecule is Cc1ccc(NC(=O)[C@@H]2[C@@H](C(=O)Nc3ccc(C)cc3)[C@H]3C=C[C@@H]2C3)cc1. The number of hydrogen-bond donors (Lipinski definition) is 2. The van der Waals surface area contributed by atoms with Crippen LogP contribution >= 0.6 is 0 Å². The van der Waals surface area contributed by atoms with Crippen molar-refractivity contribution in [3.05, 3.63) is 71.8 Å². The molecule has 2 aromatic rings. The molecule has 1 saturated carbocycles. The Balaban J connectivity index is 1.51. The number of hydrogen-bond acceptors (Lipinski definition) is 2. The average Bonchev–Trinajstić information content (AvgIpc) is 3.27. The Labute approximate surface area is 159 Å². The van der Waals surface area contributed by atoms with Crippen LogP contribution in [0.3, 0.4) is 0 Å². The molecule has 2 aromatic carbocycles. The van der Waals surface area contributed by atoms with Gasteiger partial charge in [0, 0.05) is 11.4 Å². The lowest BCUT2D eigenvalue weighted by Crippen LogP contribution is -2.39. The van der Waals surface area contributed by atoms with Crippen molar-refractivity contribution < 1.29 is 9.59 Å². The minimum absolute atomic E-state index is 0.0697. The zero-order valence-electron chi connectivity index (χ0n) is 15.6. The van der Waals surface area contributed by atoms with Gasteiger partial charge < -0.3 is 10.6 Å². The molecule has 4 nitrogen and oxygen atoms in total. The van der Waals surface area contributed by atoms with Gasteiger partial charge in [0.25, 0.3) is 0 Å². The fraction of sp³-hybridized carbons (Fsp3) is 0.304. The van der Waals surface area contributed by atoms with Crippen molar-refractivity contribution >= 4 is 23.2 Å². The molecule has 0 aromatic heterocycles. The first-order chi connectivity index (χ1) is 13.0. The van der Waals surface area contributed by atoms with E-state index in [2.05, 4.69) is 22.8 Å². The van der Waals surface area contributed by atoms with Crippen LogP contribution in [0.5, 0.6) is 0 Å². The van der Waals surface area contributed by atoms with Crippen molar-refractivity contribution in [2.75, 3.05) is 10.6 Å². The summed E-state index contributed by atoms with van der Waals surface area (Å²) in [6.45, 7) is 4.02. The van der Waals surface area contributed by atoms with Crippen LogP contribution in [-0.2, 0) is 9.59 Å². The predicted octanol–water partition coefficient (Wildman–Crippen LogP) is 4.32. The molecule has 2 amide bonds. The van der Waals surface area contributed by atoms with Crippen LogP contribution in [0.15, 0.2) is 60.7 Å². The van der Waals surface area contributed by atoms with Gasteiger partial charge in [-0.15, -0.1) is 0 Å². The molecule has 2 aliphatic carbocycles. The van der Waals surface area contributed by atoms with Crippen LogP contribution in [-0.4, -0.2) is 11.8 Å². The molecule has 2 bridgehead atoms. The van der Waals surface area contributed by atoms with Gasteiger partial charge in [0.05, 0.1) is 11.8 Å². The van der Waals surface area contributed by atoms with Gasteiger partial charge in [-0.2, -0.15) is 0 Å². The van der Waals surface area contributed by atoms with Gasteiger partial charge in [-0.3, -0.25) is 9.59 Å². The number of rotatable bonds is 4. The van der Waals surface area contributed by atoms with E-state index < -0.39 is 0 Å². The smallest absolute Gasteiger partial charge is 0.228 e. The van der Waals surface area contributed by atoms with Gasteiger partial charge >= 0.3 is 0 Å². The number of anilines is 2. The number of benzene rings is 2.